The lowest BCUT2D eigenvalue weighted by molar-refractivity contribution is 0.0600. The second-order valence-electron chi connectivity index (χ2n) is 5.63. The Morgan fingerprint density at radius 3 is 1.39 bits per heavy atom. The summed E-state index contributed by atoms with van der Waals surface area (Å²) in [6, 6.07) is 9.53. The van der Waals surface area contributed by atoms with E-state index in [4.69, 9.17) is 74.3 Å². The van der Waals surface area contributed by atoms with E-state index < -0.39 is 5.97 Å². The highest BCUT2D eigenvalue weighted by Gasteiger charge is 2.16. The van der Waals surface area contributed by atoms with E-state index in [2.05, 4.69) is 4.98 Å². The smallest absolute Gasteiger partial charge is 0.338 e. The van der Waals surface area contributed by atoms with Crippen molar-refractivity contribution >= 4 is 75.6 Å². The number of esters is 1. The largest absolute Gasteiger partial charge is 0.465 e. The zero-order chi connectivity index (χ0) is 20.6. The van der Waals surface area contributed by atoms with Crippen molar-refractivity contribution < 1.29 is 9.53 Å². The van der Waals surface area contributed by atoms with E-state index in [1.165, 1.54) is 7.11 Å². The highest BCUT2D eigenvalue weighted by molar-refractivity contribution is 6.49. The second-order valence-corrected chi connectivity index (χ2v) is 8.01. The normalized spacial score (nSPS) is 10.8. The molecular formula is C19H9Cl6NO2. The Labute approximate surface area is 191 Å². The van der Waals surface area contributed by atoms with Crippen molar-refractivity contribution in [1.82, 2.24) is 4.98 Å². The molecule has 144 valence electrons. The average molecular weight is 496 g/mol. The summed E-state index contributed by atoms with van der Waals surface area (Å²) in [5, 5.41) is 1.49. The van der Waals surface area contributed by atoms with Crippen molar-refractivity contribution in [1.29, 1.82) is 0 Å². The topological polar surface area (TPSA) is 39.2 Å². The molecule has 0 aliphatic rings. The van der Waals surface area contributed by atoms with Crippen LogP contribution < -0.4 is 0 Å². The number of carbonyl (C=O) groups excluding carboxylic acids is 1. The van der Waals surface area contributed by atoms with Gasteiger partial charge in [0, 0.05) is 11.1 Å². The van der Waals surface area contributed by atoms with Crippen LogP contribution in [0.15, 0.2) is 36.4 Å². The summed E-state index contributed by atoms with van der Waals surface area (Å²) in [5.41, 5.74) is 2.27. The molecule has 28 heavy (non-hydrogen) atoms. The van der Waals surface area contributed by atoms with E-state index in [-0.39, 0.29) is 35.7 Å². The van der Waals surface area contributed by atoms with Crippen LogP contribution in [0, 0.1) is 0 Å². The van der Waals surface area contributed by atoms with Crippen molar-refractivity contribution in [3.05, 3.63) is 72.1 Å². The molecule has 2 aromatic carbocycles. The van der Waals surface area contributed by atoms with Crippen LogP contribution >= 0.6 is 69.6 Å². The Balaban J connectivity index is 2.25. The molecule has 3 aromatic rings. The molecule has 3 rings (SSSR count). The fourth-order valence-corrected chi connectivity index (χ4v) is 3.66. The third kappa shape index (κ3) is 4.35. The lowest BCUT2D eigenvalue weighted by atomic mass is 10.0. The van der Waals surface area contributed by atoms with Crippen LogP contribution in [0.3, 0.4) is 0 Å². The number of carbonyl (C=O) groups is 1. The van der Waals surface area contributed by atoms with Gasteiger partial charge in [-0.3, -0.25) is 0 Å². The van der Waals surface area contributed by atoms with Gasteiger partial charge in [-0.2, -0.15) is 0 Å². The predicted octanol–water partition coefficient (Wildman–Crippen LogP) is 8.12. The Bertz CT molecular complexity index is 978. The minimum Gasteiger partial charge on any atom is -0.465 e. The van der Waals surface area contributed by atoms with E-state index in [9.17, 15) is 4.79 Å². The maximum atomic E-state index is 12.2. The lowest BCUT2D eigenvalue weighted by Gasteiger charge is -2.11. The second kappa shape index (κ2) is 8.66. The van der Waals surface area contributed by atoms with Crippen LogP contribution in [0.1, 0.15) is 10.4 Å². The Morgan fingerprint density at radius 2 is 1.07 bits per heavy atom. The maximum Gasteiger partial charge on any atom is 0.338 e. The zero-order valence-corrected chi connectivity index (χ0v) is 18.5. The molecule has 0 aliphatic carbocycles. The number of halogens is 6. The lowest BCUT2D eigenvalue weighted by Crippen LogP contribution is -2.03. The maximum absolute atomic E-state index is 12.2. The highest BCUT2D eigenvalue weighted by atomic mass is 35.5. The number of methoxy groups -OCH3 is 1. The first-order chi connectivity index (χ1) is 13.2. The Kier molecular flexibility index (Phi) is 6.65. The third-order valence-corrected chi connectivity index (χ3v) is 6.20. The first kappa shape index (κ1) is 21.5. The molecule has 9 heteroatoms. The number of rotatable bonds is 3. The minimum absolute atomic E-state index is 0.229. The van der Waals surface area contributed by atoms with E-state index >= 15 is 0 Å². The minimum atomic E-state index is -0.540. The summed E-state index contributed by atoms with van der Waals surface area (Å²) in [6.45, 7) is 0. The molecule has 0 saturated carbocycles. The van der Waals surface area contributed by atoms with Gasteiger partial charge in [-0.05, 0) is 36.4 Å². The van der Waals surface area contributed by atoms with Crippen LogP contribution in [0.4, 0.5) is 0 Å². The fraction of sp³-hybridized carbons (Fsp3) is 0.0526. The van der Waals surface area contributed by atoms with Crippen LogP contribution in [0.25, 0.3) is 22.5 Å². The summed E-state index contributed by atoms with van der Waals surface area (Å²) in [5.74, 6) is -0.540. The van der Waals surface area contributed by atoms with Gasteiger partial charge >= 0.3 is 5.97 Å². The van der Waals surface area contributed by atoms with E-state index in [0.29, 0.717) is 22.5 Å². The van der Waals surface area contributed by atoms with Gasteiger partial charge in [0.05, 0.1) is 54.2 Å². The molecule has 0 atom stereocenters. The summed E-state index contributed by atoms with van der Waals surface area (Å²) in [7, 11) is 1.29. The molecule has 0 fully saturated rings. The number of ether oxygens (including phenoxy) is 1. The van der Waals surface area contributed by atoms with Crippen molar-refractivity contribution in [2.75, 3.05) is 7.11 Å². The number of hydrogen-bond donors (Lipinski definition) is 0. The van der Waals surface area contributed by atoms with Gasteiger partial charge in [-0.15, -0.1) is 0 Å². The number of hydrogen-bond acceptors (Lipinski definition) is 3. The van der Waals surface area contributed by atoms with E-state index in [0.717, 1.165) is 0 Å². The van der Waals surface area contributed by atoms with Gasteiger partial charge in [-0.25, -0.2) is 9.78 Å². The third-order valence-electron chi connectivity index (χ3n) is 3.81. The molecule has 0 N–H and O–H groups in total. The molecule has 0 spiro atoms. The molecule has 0 unspecified atom stereocenters. The highest BCUT2D eigenvalue weighted by Crippen LogP contribution is 2.37. The standard InChI is InChI=1S/C19H9Cl6NO2/c1-28-19(27)10-6-15(8-2-11(20)17(24)12(21)3-8)26-16(7-10)9-4-13(22)18(25)14(23)5-9/h2-7H,1H3. The van der Waals surface area contributed by atoms with Gasteiger partial charge in [0.25, 0.3) is 0 Å². The number of aromatic nitrogens is 1. The first-order valence-corrected chi connectivity index (χ1v) is 9.88. The molecule has 0 radical (unpaired) electrons. The van der Waals surface area contributed by atoms with Gasteiger partial charge < -0.3 is 4.74 Å². The molecule has 1 aromatic heterocycles. The van der Waals surface area contributed by atoms with Crippen LogP contribution in [0.2, 0.25) is 30.1 Å². The van der Waals surface area contributed by atoms with Gasteiger partial charge in [-0.1, -0.05) is 69.6 Å². The van der Waals surface area contributed by atoms with Crippen molar-refractivity contribution in [2.45, 2.75) is 0 Å². The Hall–Kier alpha value is -1.20. The molecule has 1 heterocycles. The predicted molar refractivity (Wildman–Crippen MR) is 117 cm³/mol. The molecule has 0 saturated heterocycles. The van der Waals surface area contributed by atoms with Crippen molar-refractivity contribution in [2.24, 2.45) is 0 Å². The molecule has 0 amide bonds. The summed E-state index contributed by atoms with van der Waals surface area (Å²) in [6.07, 6.45) is 0. The van der Waals surface area contributed by atoms with Gasteiger partial charge in [0.1, 0.15) is 0 Å². The quantitative estimate of drug-likeness (QED) is 0.272. The van der Waals surface area contributed by atoms with E-state index in [1.54, 1.807) is 36.4 Å². The van der Waals surface area contributed by atoms with Gasteiger partial charge in [0.15, 0.2) is 0 Å². The fourth-order valence-electron chi connectivity index (χ4n) is 2.47. The monoisotopic (exact) mass is 493 g/mol. The van der Waals surface area contributed by atoms with Crippen LogP contribution in [-0.2, 0) is 4.74 Å². The Morgan fingerprint density at radius 1 is 0.714 bits per heavy atom. The summed E-state index contributed by atoms with van der Waals surface area (Å²) < 4.78 is 4.84. The van der Waals surface area contributed by atoms with Crippen molar-refractivity contribution in [3.63, 3.8) is 0 Å². The molecule has 0 bridgehead atoms. The first-order valence-electron chi connectivity index (χ1n) is 7.61. The van der Waals surface area contributed by atoms with Crippen LogP contribution in [0.5, 0.6) is 0 Å². The van der Waals surface area contributed by atoms with E-state index in [1.807, 2.05) is 0 Å². The molecule has 0 aliphatic heterocycles. The molecular weight excluding hydrogens is 487 g/mol. The van der Waals surface area contributed by atoms with Crippen LogP contribution in [-0.4, -0.2) is 18.1 Å². The number of pyridine rings is 1. The average Bonchev–Trinajstić information content (AvgIpc) is 2.68. The van der Waals surface area contributed by atoms with Crippen molar-refractivity contribution in [3.8, 4) is 22.5 Å². The summed E-state index contributed by atoms with van der Waals surface area (Å²) >= 11 is 36.6. The molecule has 3 nitrogen and oxygen atoms in total. The zero-order valence-electron chi connectivity index (χ0n) is 14.0. The number of nitrogens with zero attached hydrogens (tertiary/aromatic N) is 1. The summed E-state index contributed by atoms with van der Waals surface area (Å²) in [4.78, 5) is 16.7. The van der Waals surface area contributed by atoms with Gasteiger partial charge in [0.2, 0.25) is 0 Å². The number of benzene rings is 2. The SMILES string of the molecule is COC(=O)c1cc(-c2cc(Cl)c(Cl)c(Cl)c2)nc(-c2cc(Cl)c(Cl)c(Cl)c2)c1.